The molecule has 0 bridgehead atoms. The van der Waals surface area contributed by atoms with Crippen LogP contribution in [-0.2, 0) is 9.53 Å². The van der Waals surface area contributed by atoms with Crippen LogP contribution >= 0.6 is 0 Å². The van der Waals surface area contributed by atoms with Crippen molar-refractivity contribution in [3.8, 4) is 12.3 Å². The molecular formula is C14H24N2O2. The highest BCUT2D eigenvalue weighted by molar-refractivity contribution is 5.81. The third-order valence-electron chi connectivity index (χ3n) is 3.28. The molecule has 4 nitrogen and oxygen atoms in total. The number of amides is 1. The maximum Gasteiger partial charge on any atom is 0.237 e. The number of hydrogen-bond acceptors (Lipinski definition) is 3. The third-order valence-corrected chi connectivity index (χ3v) is 3.28. The third kappa shape index (κ3) is 3.72. The number of carbonyl (C=O) groups is 1. The number of terminal acetylenes is 1. The molecule has 0 aromatic heterocycles. The quantitative estimate of drug-likeness (QED) is 0.736. The van der Waals surface area contributed by atoms with Crippen LogP contribution in [0.3, 0.4) is 0 Å². The minimum absolute atomic E-state index is 0.0755. The zero-order valence-corrected chi connectivity index (χ0v) is 12.0. The first-order chi connectivity index (χ1) is 8.18. The molecule has 2 atom stereocenters. The Morgan fingerprint density at radius 3 is 2.56 bits per heavy atom. The van der Waals surface area contributed by atoms with E-state index >= 15 is 0 Å². The molecule has 1 amide bonds. The molecule has 1 saturated heterocycles. The van der Waals surface area contributed by atoms with E-state index in [1.807, 2.05) is 20.8 Å². The molecule has 102 valence electrons. The van der Waals surface area contributed by atoms with Crippen molar-refractivity contribution in [2.45, 2.75) is 64.3 Å². The first kappa shape index (κ1) is 15.0. The predicted molar refractivity (Wildman–Crippen MR) is 72.1 cm³/mol. The highest BCUT2D eigenvalue weighted by Gasteiger charge is 2.46. The minimum atomic E-state index is -0.278. The van der Waals surface area contributed by atoms with Gasteiger partial charge in [0.25, 0.3) is 0 Å². The standard InChI is InChI=1S/C14H24N2O2/c1-7-8-15-12(17)10(2)16-11-9-13(3,4)18-14(11,5)6/h1,10-11,16H,8-9H2,2-6H3,(H,15,17)/t10-,11+/m1/s1. The van der Waals surface area contributed by atoms with E-state index in [9.17, 15) is 4.79 Å². The molecule has 1 heterocycles. The lowest BCUT2D eigenvalue weighted by atomic mass is 9.94. The van der Waals surface area contributed by atoms with Crippen LogP contribution in [0.2, 0.25) is 0 Å². The van der Waals surface area contributed by atoms with Gasteiger partial charge in [-0.1, -0.05) is 5.92 Å². The molecule has 1 rings (SSSR count). The Kier molecular flexibility index (Phi) is 4.41. The predicted octanol–water partition coefficient (Wildman–Crippen LogP) is 1.06. The summed E-state index contributed by atoms with van der Waals surface area (Å²) in [6.45, 7) is 10.3. The lowest BCUT2D eigenvalue weighted by molar-refractivity contribution is -0.123. The van der Waals surface area contributed by atoms with Gasteiger partial charge in [-0.05, 0) is 41.0 Å². The lowest BCUT2D eigenvalue weighted by Gasteiger charge is -2.29. The van der Waals surface area contributed by atoms with Crippen molar-refractivity contribution in [1.82, 2.24) is 10.6 Å². The Morgan fingerprint density at radius 1 is 1.50 bits per heavy atom. The number of carbonyl (C=O) groups excluding carboxylic acids is 1. The van der Waals surface area contributed by atoms with Gasteiger partial charge >= 0.3 is 0 Å². The van der Waals surface area contributed by atoms with E-state index in [4.69, 9.17) is 11.2 Å². The summed E-state index contributed by atoms with van der Waals surface area (Å²) in [6, 6.07) is -0.126. The Bertz CT molecular complexity index is 355. The maximum absolute atomic E-state index is 11.8. The molecule has 2 N–H and O–H groups in total. The molecule has 1 aliphatic heterocycles. The van der Waals surface area contributed by atoms with Crippen LogP contribution in [0.5, 0.6) is 0 Å². The second-order valence-electron chi connectivity index (χ2n) is 6.03. The Labute approximate surface area is 110 Å². The summed E-state index contributed by atoms with van der Waals surface area (Å²) in [7, 11) is 0. The zero-order valence-electron chi connectivity index (χ0n) is 12.0. The van der Waals surface area contributed by atoms with Crippen molar-refractivity contribution in [1.29, 1.82) is 0 Å². The molecule has 18 heavy (non-hydrogen) atoms. The van der Waals surface area contributed by atoms with Crippen molar-refractivity contribution in [3.05, 3.63) is 0 Å². The molecule has 4 heteroatoms. The van der Waals surface area contributed by atoms with Gasteiger partial charge in [0.1, 0.15) is 0 Å². The molecule has 1 aliphatic rings. The summed E-state index contributed by atoms with van der Waals surface area (Å²) >= 11 is 0. The molecule has 0 spiro atoms. The SMILES string of the molecule is C#CCNC(=O)[C@@H](C)N[C@H]1CC(C)(C)OC1(C)C. The first-order valence-corrected chi connectivity index (χ1v) is 6.35. The Morgan fingerprint density at radius 2 is 2.11 bits per heavy atom. The van der Waals surface area contributed by atoms with Crippen LogP contribution in [0.25, 0.3) is 0 Å². The summed E-state index contributed by atoms with van der Waals surface area (Å²) in [5, 5.41) is 6.00. The minimum Gasteiger partial charge on any atom is -0.368 e. The van der Waals surface area contributed by atoms with Crippen molar-refractivity contribution in [2.24, 2.45) is 0 Å². The number of hydrogen-bond donors (Lipinski definition) is 2. The van der Waals surface area contributed by atoms with Crippen LogP contribution in [0.1, 0.15) is 41.0 Å². The molecule has 0 aromatic rings. The molecule has 0 aliphatic carbocycles. The van der Waals surface area contributed by atoms with E-state index in [1.54, 1.807) is 0 Å². The molecular weight excluding hydrogens is 228 g/mol. The average molecular weight is 252 g/mol. The topological polar surface area (TPSA) is 50.4 Å². The van der Waals surface area contributed by atoms with Gasteiger partial charge in [-0.2, -0.15) is 0 Å². The largest absolute Gasteiger partial charge is 0.368 e. The van der Waals surface area contributed by atoms with E-state index in [0.717, 1.165) is 6.42 Å². The second-order valence-corrected chi connectivity index (χ2v) is 6.03. The summed E-state index contributed by atoms with van der Waals surface area (Å²) in [5.74, 6) is 2.32. The van der Waals surface area contributed by atoms with Crippen molar-refractivity contribution in [3.63, 3.8) is 0 Å². The number of rotatable bonds is 4. The number of ether oxygens (including phenoxy) is 1. The van der Waals surface area contributed by atoms with Crippen molar-refractivity contribution in [2.75, 3.05) is 6.54 Å². The second kappa shape index (κ2) is 5.29. The molecule has 0 saturated carbocycles. The fourth-order valence-corrected chi connectivity index (χ4v) is 2.49. The molecule has 0 unspecified atom stereocenters. The van der Waals surface area contributed by atoms with Crippen LogP contribution < -0.4 is 10.6 Å². The normalized spacial score (nSPS) is 26.3. The van der Waals surface area contributed by atoms with E-state index in [-0.39, 0.29) is 35.7 Å². The van der Waals surface area contributed by atoms with Gasteiger partial charge in [0.05, 0.1) is 23.8 Å². The van der Waals surface area contributed by atoms with Crippen LogP contribution in [0.15, 0.2) is 0 Å². The van der Waals surface area contributed by atoms with Crippen LogP contribution in [0.4, 0.5) is 0 Å². The summed E-state index contributed by atoms with van der Waals surface area (Å²) < 4.78 is 5.98. The van der Waals surface area contributed by atoms with E-state index < -0.39 is 0 Å². The van der Waals surface area contributed by atoms with Crippen molar-refractivity contribution >= 4 is 5.91 Å². The van der Waals surface area contributed by atoms with Gasteiger partial charge in [-0.15, -0.1) is 6.42 Å². The van der Waals surface area contributed by atoms with Crippen LogP contribution in [0, 0.1) is 12.3 Å². The van der Waals surface area contributed by atoms with Gasteiger partial charge in [0.15, 0.2) is 0 Å². The van der Waals surface area contributed by atoms with Crippen LogP contribution in [-0.4, -0.2) is 35.7 Å². The van der Waals surface area contributed by atoms with Gasteiger partial charge in [0.2, 0.25) is 5.91 Å². The highest BCUT2D eigenvalue weighted by atomic mass is 16.5. The molecule has 0 radical (unpaired) electrons. The smallest absolute Gasteiger partial charge is 0.237 e. The van der Waals surface area contributed by atoms with E-state index in [1.165, 1.54) is 0 Å². The Balaban J connectivity index is 2.57. The van der Waals surface area contributed by atoms with E-state index in [2.05, 4.69) is 30.4 Å². The van der Waals surface area contributed by atoms with Gasteiger partial charge in [-0.3, -0.25) is 4.79 Å². The molecule has 0 aromatic carbocycles. The fourth-order valence-electron chi connectivity index (χ4n) is 2.49. The zero-order chi connectivity index (χ0) is 14.0. The van der Waals surface area contributed by atoms with Gasteiger partial charge in [0, 0.05) is 6.04 Å². The van der Waals surface area contributed by atoms with Gasteiger partial charge in [-0.25, -0.2) is 0 Å². The van der Waals surface area contributed by atoms with E-state index in [0.29, 0.717) is 0 Å². The summed E-state index contributed by atoms with van der Waals surface area (Å²) in [5.41, 5.74) is -0.430. The monoisotopic (exact) mass is 252 g/mol. The van der Waals surface area contributed by atoms with Gasteiger partial charge < -0.3 is 15.4 Å². The fraction of sp³-hybridized carbons (Fsp3) is 0.786. The Hall–Kier alpha value is -1.05. The lowest BCUT2D eigenvalue weighted by Crippen LogP contribution is -2.52. The first-order valence-electron chi connectivity index (χ1n) is 6.35. The summed E-state index contributed by atoms with van der Waals surface area (Å²) in [4.78, 5) is 11.8. The maximum atomic E-state index is 11.8. The average Bonchev–Trinajstić information content (AvgIpc) is 2.43. The van der Waals surface area contributed by atoms with Crippen molar-refractivity contribution < 1.29 is 9.53 Å². The molecule has 1 fully saturated rings. The number of nitrogens with one attached hydrogen (secondary N) is 2. The summed E-state index contributed by atoms with van der Waals surface area (Å²) in [6.07, 6.45) is 6.00. The highest BCUT2D eigenvalue weighted by Crippen LogP contribution is 2.37.